The third-order valence-corrected chi connectivity index (χ3v) is 5.01. The topological polar surface area (TPSA) is 43.0 Å². The highest BCUT2D eigenvalue weighted by atomic mass is 35.5. The van der Waals surface area contributed by atoms with Crippen LogP contribution in [0.2, 0.25) is 5.02 Å². The first-order valence-corrected chi connectivity index (χ1v) is 10.2. The molecule has 0 radical (unpaired) electrons. The van der Waals surface area contributed by atoms with Gasteiger partial charge in [-0.25, -0.2) is 0 Å². The molecule has 1 aliphatic rings. The minimum Gasteiger partial charge on any atom is -0.493 e. The van der Waals surface area contributed by atoms with Crippen molar-refractivity contribution in [1.82, 2.24) is 10.2 Å². The molecule has 0 aliphatic carbocycles. The Morgan fingerprint density at radius 2 is 1.93 bits per heavy atom. The number of ether oxygens (including phenoxy) is 3. The van der Waals surface area contributed by atoms with Gasteiger partial charge in [0.2, 0.25) is 0 Å². The maximum Gasteiger partial charge on any atom is 0.161 e. The molecule has 1 fully saturated rings. The predicted octanol–water partition coefficient (Wildman–Crippen LogP) is 3.74. The first kappa shape index (κ1) is 20.9. The van der Waals surface area contributed by atoms with Gasteiger partial charge >= 0.3 is 0 Å². The molecule has 0 saturated carbocycles. The highest BCUT2D eigenvalue weighted by Crippen LogP contribution is 2.29. The van der Waals surface area contributed by atoms with Gasteiger partial charge in [-0.15, -0.1) is 0 Å². The number of morpholine rings is 1. The van der Waals surface area contributed by atoms with Gasteiger partial charge in [0.05, 0.1) is 20.3 Å². The Balaban J connectivity index is 1.43. The summed E-state index contributed by atoms with van der Waals surface area (Å²) in [5.74, 6) is 1.48. The number of benzene rings is 2. The Morgan fingerprint density at radius 3 is 2.71 bits per heavy atom. The number of methoxy groups -OCH3 is 1. The summed E-state index contributed by atoms with van der Waals surface area (Å²) in [5.41, 5.74) is 2.21. The monoisotopic (exact) mass is 404 g/mol. The van der Waals surface area contributed by atoms with Gasteiger partial charge in [0, 0.05) is 24.7 Å². The second-order valence-corrected chi connectivity index (χ2v) is 7.32. The summed E-state index contributed by atoms with van der Waals surface area (Å²) >= 11 is 6.03. The average molecular weight is 405 g/mol. The summed E-state index contributed by atoms with van der Waals surface area (Å²) in [5, 5.41) is 4.22. The zero-order valence-electron chi connectivity index (χ0n) is 16.5. The second-order valence-electron chi connectivity index (χ2n) is 6.89. The van der Waals surface area contributed by atoms with Gasteiger partial charge in [-0.2, -0.15) is 0 Å². The standard InChI is InChI=1S/C22H29ClN2O3/c1-26-22-15-18(16-24-8-3-9-25-10-12-27-13-11-25)6-7-21(22)28-17-19-4-2-5-20(23)14-19/h2,4-7,14-15,24H,3,8-13,16-17H2,1H3. The average Bonchev–Trinajstić information content (AvgIpc) is 2.73. The van der Waals surface area contributed by atoms with E-state index in [2.05, 4.69) is 16.3 Å². The highest BCUT2D eigenvalue weighted by Gasteiger charge is 2.09. The van der Waals surface area contributed by atoms with Crippen LogP contribution in [0.15, 0.2) is 42.5 Å². The molecule has 2 aromatic carbocycles. The van der Waals surface area contributed by atoms with E-state index in [4.69, 9.17) is 25.8 Å². The molecule has 0 unspecified atom stereocenters. The summed E-state index contributed by atoms with van der Waals surface area (Å²) in [6.07, 6.45) is 1.14. The molecular weight excluding hydrogens is 376 g/mol. The number of hydrogen-bond donors (Lipinski definition) is 1. The molecule has 0 amide bonds. The van der Waals surface area contributed by atoms with Gasteiger partial charge in [-0.3, -0.25) is 4.90 Å². The molecule has 5 nitrogen and oxygen atoms in total. The van der Waals surface area contributed by atoms with Gasteiger partial charge in [0.1, 0.15) is 6.61 Å². The lowest BCUT2D eigenvalue weighted by molar-refractivity contribution is 0.0374. The molecular formula is C22H29ClN2O3. The number of halogens is 1. The third-order valence-electron chi connectivity index (χ3n) is 4.77. The fourth-order valence-electron chi connectivity index (χ4n) is 3.21. The fourth-order valence-corrected chi connectivity index (χ4v) is 3.43. The van der Waals surface area contributed by atoms with E-state index in [1.807, 2.05) is 36.4 Å². The normalized spacial score (nSPS) is 14.8. The molecule has 3 rings (SSSR count). The van der Waals surface area contributed by atoms with E-state index < -0.39 is 0 Å². The molecule has 0 atom stereocenters. The third kappa shape index (κ3) is 6.67. The number of nitrogens with zero attached hydrogens (tertiary/aromatic N) is 1. The van der Waals surface area contributed by atoms with Crippen LogP contribution in [-0.4, -0.2) is 51.4 Å². The van der Waals surface area contributed by atoms with Crippen molar-refractivity contribution in [2.75, 3.05) is 46.5 Å². The Bertz CT molecular complexity index is 735. The van der Waals surface area contributed by atoms with Crippen molar-refractivity contribution in [3.63, 3.8) is 0 Å². The van der Waals surface area contributed by atoms with E-state index in [1.165, 1.54) is 5.56 Å². The highest BCUT2D eigenvalue weighted by molar-refractivity contribution is 6.30. The van der Waals surface area contributed by atoms with Crippen molar-refractivity contribution in [2.45, 2.75) is 19.6 Å². The molecule has 0 bridgehead atoms. The predicted molar refractivity (Wildman–Crippen MR) is 112 cm³/mol. The van der Waals surface area contributed by atoms with Crippen molar-refractivity contribution in [3.8, 4) is 11.5 Å². The fraction of sp³-hybridized carbons (Fsp3) is 0.455. The summed E-state index contributed by atoms with van der Waals surface area (Å²) in [4.78, 5) is 2.46. The van der Waals surface area contributed by atoms with Crippen molar-refractivity contribution in [3.05, 3.63) is 58.6 Å². The minimum atomic E-state index is 0.454. The molecule has 1 N–H and O–H groups in total. The van der Waals surface area contributed by atoms with E-state index in [0.29, 0.717) is 11.6 Å². The van der Waals surface area contributed by atoms with Gasteiger partial charge in [0.25, 0.3) is 0 Å². The molecule has 1 aliphatic heterocycles. The van der Waals surface area contributed by atoms with Crippen LogP contribution in [0.3, 0.4) is 0 Å². The lowest BCUT2D eigenvalue weighted by atomic mass is 10.2. The Labute approximate surface area is 172 Å². The molecule has 152 valence electrons. The lowest BCUT2D eigenvalue weighted by Crippen LogP contribution is -2.37. The van der Waals surface area contributed by atoms with Gasteiger partial charge in [-0.1, -0.05) is 29.8 Å². The van der Waals surface area contributed by atoms with E-state index in [9.17, 15) is 0 Å². The Morgan fingerprint density at radius 1 is 1.07 bits per heavy atom. The zero-order valence-corrected chi connectivity index (χ0v) is 17.2. The quantitative estimate of drug-likeness (QED) is 0.611. The van der Waals surface area contributed by atoms with Crippen LogP contribution in [0.1, 0.15) is 17.5 Å². The summed E-state index contributed by atoms with van der Waals surface area (Å²) in [7, 11) is 1.67. The van der Waals surface area contributed by atoms with E-state index >= 15 is 0 Å². The van der Waals surface area contributed by atoms with Gasteiger partial charge in [0.15, 0.2) is 11.5 Å². The van der Waals surface area contributed by atoms with Crippen LogP contribution in [0.25, 0.3) is 0 Å². The van der Waals surface area contributed by atoms with Crippen LogP contribution < -0.4 is 14.8 Å². The number of hydrogen-bond acceptors (Lipinski definition) is 5. The number of rotatable bonds is 10. The maximum absolute atomic E-state index is 6.03. The molecule has 0 spiro atoms. The van der Waals surface area contributed by atoms with Gasteiger partial charge in [-0.05, 0) is 54.9 Å². The van der Waals surface area contributed by atoms with E-state index in [1.54, 1.807) is 7.11 Å². The summed E-state index contributed by atoms with van der Waals surface area (Å²) < 4.78 is 16.8. The molecule has 6 heteroatoms. The van der Waals surface area contributed by atoms with Crippen LogP contribution >= 0.6 is 11.6 Å². The zero-order chi connectivity index (χ0) is 19.6. The minimum absolute atomic E-state index is 0.454. The van der Waals surface area contributed by atoms with Crippen molar-refractivity contribution < 1.29 is 14.2 Å². The maximum atomic E-state index is 6.03. The second kappa shape index (κ2) is 11.3. The SMILES string of the molecule is COc1cc(CNCCCN2CCOCC2)ccc1OCc1cccc(Cl)c1. The Hall–Kier alpha value is -1.79. The smallest absolute Gasteiger partial charge is 0.161 e. The summed E-state index contributed by atoms with van der Waals surface area (Å²) in [6.45, 7) is 7.20. The molecule has 1 heterocycles. The first-order valence-electron chi connectivity index (χ1n) is 9.79. The van der Waals surface area contributed by atoms with Crippen LogP contribution in [0, 0.1) is 0 Å². The van der Waals surface area contributed by atoms with Gasteiger partial charge < -0.3 is 19.5 Å². The van der Waals surface area contributed by atoms with Crippen LogP contribution in [-0.2, 0) is 17.9 Å². The lowest BCUT2D eigenvalue weighted by Gasteiger charge is -2.26. The van der Waals surface area contributed by atoms with E-state index in [0.717, 1.165) is 69.4 Å². The van der Waals surface area contributed by atoms with Crippen molar-refractivity contribution in [1.29, 1.82) is 0 Å². The van der Waals surface area contributed by atoms with Crippen molar-refractivity contribution in [2.24, 2.45) is 0 Å². The van der Waals surface area contributed by atoms with Crippen LogP contribution in [0.4, 0.5) is 0 Å². The Kier molecular flexibility index (Phi) is 8.42. The molecule has 1 saturated heterocycles. The summed E-state index contributed by atoms with van der Waals surface area (Å²) in [6, 6.07) is 13.7. The first-order chi connectivity index (χ1) is 13.7. The number of nitrogens with one attached hydrogen (secondary N) is 1. The molecule has 2 aromatic rings. The molecule has 28 heavy (non-hydrogen) atoms. The molecule has 0 aromatic heterocycles. The van der Waals surface area contributed by atoms with E-state index in [-0.39, 0.29) is 0 Å². The largest absolute Gasteiger partial charge is 0.493 e. The van der Waals surface area contributed by atoms with Crippen molar-refractivity contribution >= 4 is 11.6 Å². The van der Waals surface area contributed by atoms with Crippen LogP contribution in [0.5, 0.6) is 11.5 Å².